The molecule has 20 heavy (non-hydrogen) atoms. The minimum atomic E-state index is -0.0535. The van der Waals surface area contributed by atoms with Crippen LogP contribution in [-0.4, -0.2) is 12.6 Å². The van der Waals surface area contributed by atoms with Crippen LogP contribution in [0.15, 0.2) is 36.4 Å². The normalized spacial score (nSPS) is 24.3. The summed E-state index contributed by atoms with van der Waals surface area (Å²) in [4.78, 5) is 12.0. The fourth-order valence-electron chi connectivity index (χ4n) is 2.96. The number of esters is 1. The molecule has 0 saturated heterocycles. The molecule has 2 nitrogen and oxygen atoms in total. The Labute approximate surface area is 121 Å². The number of rotatable bonds is 5. The Bertz CT molecular complexity index is 499. The lowest BCUT2D eigenvalue weighted by molar-refractivity contribution is -0.145. The summed E-state index contributed by atoms with van der Waals surface area (Å²) in [5, 5.41) is 0. The molecule has 2 rings (SSSR count). The van der Waals surface area contributed by atoms with Crippen molar-refractivity contribution >= 4 is 11.5 Å². The van der Waals surface area contributed by atoms with Gasteiger partial charge >= 0.3 is 5.97 Å². The van der Waals surface area contributed by atoms with Gasteiger partial charge < -0.3 is 4.74 Å². The van der Waals surface area contributed by atoms with Crippen LogP contribution in [0.3, 0.4) is 0 Å². The van der Waals surface area contributed by atoms with Crippen LogP contribution in [0.1, 0.15) is 39.7 Å². The summed E-state index contributed by atoms with van der Waals surface area (Å²) in [7, 11) is 0. The van der Waals surface area contributed by atoms with Crippen molar-refractivity contribution in [2.45, 2.75) is 34.1 Å². The van der Waals surface area contributed by atoms with E-state index >= 15 is 0 Å². The second kappa shape index (κ2) is 5.82. The standard InChI is InChI=1S/C18H24O2/c1-5-13(14-10-8-7-9-11-14)12-15-16(18(15,3)4)17(19)20-6-2/h7-12,15-16H,5-6H2,1-4H3/b13-12+. The molecule has 2 atom stereocenters. The smallest absolute Gasteiger partial charge is 0.310 e. The van der Waals surface area contributed by atoms with E-state index in [-0.39, 0.29) is 23.2 Å². The zero-order valence-corrected chi connectivity index (χ0v) is 12.8. The highest BCUT2D eigenvalue weighted by Crippen LogP contribution is 2.60. The molecule has 0 aromatic heterocycles. The van der Waals surface area contributed by atoms with Gasteiger partial charge in [0.05, 0.1) is 12.5 Å². The highest BCUT2D eigenvalue weighted by atomic mass is 16.5. The molecule has 108 valence electrons. The first-order valence-corrected chi connectivity index (χ1v) is 7.45. The van der Waals surface area contributed by atoms with E-state index in [4.69, 9.17) is 4.74 Å². The topological polar surface area (TPSA) is 26.3 Å². The lowest BCUT2D eigenvalue weighted by atomic mass is 10.00. The predicted molar refractivity (Wildman–Crippen MR) is 82.1 cm³/mol. The second-order valence-corrected chi connectivity index (χ2v) is 5.99. The minimum absolute atomic E-state index is 0.00714. The average molecular weight is 272 g/mol. The number of carbonyl (C=O) groups excluding carboxylic acids is 1. The number of hydrogen-bond donors (Lipinski definition) is 0. The third kappa shape index (κ3) is 2.79. The lowest BCUT2D eigenvalue weighted by Crippen LogP contribution is -2.10. The Balaban J connectivity index is 2.19. The molecular weight excluding hydrogens is 248 g/mol. The second-order valence-electron chi connectivity index (χ2n) is 5.99. The van der Waals surface area contributed by atoms with Gasteiger partial charge in [0.15, 0.2) is 0 Å². The zero-order chi connectivity index (χ0) is 14.8. The van der Waals surface area contributed by atoms with Gasteiger partial charge in [-0.1, -0.05) is 57.2 Å². The molecular formula is C18H24O2. The van der Waals surface area contributed by atoms with Crippen LogP contribution in [0.25, 0.3) is 5.57 Å². The quantitative estimate of drug-likeness (QED) is 0.746. The summed E-state index contributed by atoms with van der Waals surface area (Å²) >= 11 is 0. The van der Waals surface area contributed by atoms with Gasteiger partial charge in [-0.25, -0.2) is 0 Å². The number of ether oxygens (including phenoxy) is 1. The molecule has 0 heterocycles. The van der Waals surface area contributed by atoms with Crippen LogP contribution in [-0.2, 0) is 9.53 Å². The number of benzene rings is 1. The van der Waals surface area contributed by atoms with Crippen molar-refractivity contribution in [2.24, 2.45) is 17.3 Å². The fraction of sp³-hybridized carbons (Fsp3) is 0.500. The molecule has 2 heteroatoms. The maximum absolute atomic E-state index is 12.0. The molecule has 1 aromatic rings. The summed E-state index contributed by atoms with van der Waals surface area (Å²) in [6.45, 7) is 8.77. The van der Waals surface area contributed by atoms with Crippen molar-refractivity contribution in [1.29, 1.82) is 0 Å². The van der Waals surface area contributed by atoms with Crippen LogP contribution in [0.4, 0.5) is 0 Å². The molecule has 1 aliphatic carbocycles. The number of hydrogen-bond acceptors (Lipinski definition) is 2. The van der Waals surface area contributed by atoms with E-state index in [1.807, 2.05) is 13.0 Å². The summed E-state index contributed by atoms with van der Waals surface area (Å²) in [5.74, 6) is 0.242. The first-order valence-electron chi connectivity index (χ1n) is 7.45. The Hall–Kier alpha value is -1.57. The monoisotopic (exact) mass is 272 g/mol. The molecule has 1 aromatic carbocycles. The van der Waals surface area contributed by atoms with E-state index < -0.39 is 0 Å². The van der Waals surface area contributed by atoms with Gasteiger partial charge in [0.25, 0.3) is 0 Å². The molecule has 0 radical (unpaired) electrons. The van der Waals surface area contributed by atoms with Crippen molar-refractivity contribution in [3.8, 4) is 0 Å². The van der Waals surface area contributed by atoms with Crippen molar-refractivity contribution in [1.82, 2.24) is 0 Å². The van der Waals surface area contributed by atoms with E-state index in [0.29, 0.717) is 6.61 Å². The Morgan fingerprint density at radius 1 is 1.25 bits per heavy atom. The highest BCUT2D eigenvalue weighted by molar-refractivity contribution is 5.79. The minimum Gasteiger partial charge on any atom is -0.466 e. The molecule has 1 saturated carbocycles. The predicted octanol–water partition coefficient (Wildman–Crippen LogP) is 4.32. The van der Waals surface area contributed by atoms with Crippen LogP contribution in [0.5, 0.6) is 0 Å². The first kappa shape index (κ1) is 14.8. The Morgan fingerprint density at radius 3 is 2.45 bits per heavy atom. The maximum atomic E-state index is 12.0. The van der Waals surface area contributed by atoms with Crippen molar-refractivity contribution < 1.29 is 9.53 Å². The molecule has 0 bridgehead atoms. The lowest BCUT2D eigenvalue weighted by Gasteiger charge is -2.05. The zero-order valence-electron chi connectivity index (χ0n) is 12.8. The molecule has 1 aliphatic rings. The Kier molecular flexibility index (Phi) is 4.32. The molecule has 2 unspecified atom stereocenters. The first-order chi connectivity index (χ1) is 9.52. The van der Waals surface area contributed by atoms with Gasteiger partial charge in [-0.2, -0.15) is 0 Å². The maximum Gasteiger partial charge on any atom is 0.310 e. The van der Waals surface area contributed by atoms with Gasteiger partial charge in [0, 0.05) is 0 Å². The summed E-state index contributed by atoms with van der Waals surface area (Å²) in [6, 6.07) is 10.4. The molecule has 1 fully saturated rings. The van der Waals surface area contributed by atoms with Crippen molar-refractivity contribution in [3.63, 3.8) is 0 Å². The van der Waals surface area contributed by atoms with Gasteiger partial charge in [-0.05, 0) is 35.8 Å². The van der Waals surface area contributed by atoms with E-state index in [1.165, 1.54) is 11.1 Å². The van der Waals surface area contributed by atoms with E-state index in [9.17, 15) is 4.79 Å². The van der Waals surface area contributed by atoms with E-state index in [2.05, 4.69) is 51.1 Å². The summed E-state index contributed by atoms with van der Waals surface area (Å²) < 4.78 is 5.18. The third-order valence-electron chi connectivity index (χ3n) is 4.36. The van der Waals surface area contributed by atoms with Crippen LogP contribution in [0.2, 0.25) is 0 Å². The Morgan fingerprint density at radius 2 is 1.90 bits per heavy atom. The van der Waals surface area contributed by atoms with Gasteiger partial charge in [0.2, 0.25) is 0 Å². The molecule has 0 amide bonds. The number of carbonyl (C=O) groups is 1. The van der Waals surface area contributed by atoms with Crippen molar-refractivity contribution in [3.05, 3.63) is 42.0 Å². The largest absolute Gasteiger partial charge is 0.466 e. The van der Waals surface area contributed by atoms with Crippen LogP contribution < -0.4 is 0 Å². The molecule has 0 spiro atoms. The van der Waals surface area contributed by atoms with Crippen molar-refractivity contribution in [2.75, 3.05) is 6.61 Å². The summed E-state index contributed by atoms with van der Waals surface area (Å²) in [6.07, 6.45) is 3.25. The van der Waals surface area contributed by atoms with Gasteiger partial charge in [-0.15, -0.1) is 0 Å². The third-order valence-corrected chi connectivity index (χ3v) is 4.36. The highest BCUT2D eigenvalue weighted by Gasteiger charge is 2.61. The van der Waals surface area contributed by atoms with E-state index in [0.717, 1.165) is 6.42 Å². The van der Waals surface area contributed by atoms with Crippen LogP contribution in [0, 0.1) is 17.3 Å². The average Bonchev–Trinajstić information content (AvgIpc) is 2.98. The van der Waals surface area contributed by atoms with Gasteiger partial charge in [-0.3, -0.25) is 4.79 Å². The molecule has 0 N–H and O–H groups in total. The number of allylic oxidation sites excluding steroid dienone is 2. The van der Waals surface area contributed by atoms with Crippen LogP contribution >= 0.6 is 0 Å². The molecule has 0 aliphatic heterocycles. The SMILES string of the molecule is CCOC(=O)C1C(/C=C(\CC)c2ccccc2)C1(C)C. The fourth-order valence-corrected chi connectivity index (χ4v) is 2.96. The summed E-state index contributed by atoms with van der Waals surface area (Å²) in [5.41, 5.74) is 2.58. The van der Waals surface area contributed by atoms with E-state index in [1.54, 1.807) is 0 Å². The van der Waals surface area contributed by atoms with Gasteiger partial charge in [0.1, 0.15) is 0 Å².